The maximum absolute atomic E-state index is 13.0. The van der Waals surface area contributed by atoms with Gasteiger partial charge in [-0.2, -0.15) is 0 Å². The van der Waals surface area contributed by atoms with E-state index < -0.39 is 0 Å². The van der Waals surface area contributed by atoms with Crippen molar-refractivity contribution < 1.29 is 9.53 Å². The van der Waals surface area contributed by atoms with E-state index in [0.717, 1.165) is 47.7 Å². The number of unbranched alkanes of at least 4 members (excludes halogenated alkanes) is 1. The summed E-state index contributed by atoms with van der Waals surface area (Å²) < 4.78 is 8.16. The number of hydrogen-bond acceptors (Lipinski definition) is 3. The second-order valence-electron chi connectivity index (χ2n) is 9.27. The Morgan fingerprint density at radius 3 is 2.63 bits per heavy atom. The van der Waals surface area contributed by atoms with Crippen molar-refractivity contribution in [3.63, 3.8) is 0 Å². The van der Waals surface area contributed by atoms with Crippen molar-refractivity contribution in [2.75, 3.05) is 18.1 Å². The molecule has 1 amide bonds. The van der Waals surface area contributed by atoms with Crippen LogP contribution in [-0.4, -0.2) is 28.6 Å². The molecular formula is C29H30ClN3O2. The number of fused-ring (bicyclic) bond motifs is 1. The Kier molecular flexibility index (Phi) is 6.78. The summed E-state index contributed by atoms with van der Waals surface area (Å²) in [5.41, 5.74) is 5.50. The zero-order valence-electron chi connectivity index (χ0n) is 20.2. The van der Waals surface area contributed by atoms with E-state index in [9.17, 15) is 4.79 Å². The van der Waals surface area contributed by atoms with Crippen LogP contribution >= 0.6 is 11.6 Å². The van der Waals surface area contributed by atoms with Crippen molar-refractivity contribution in [3.05, 3.63) is 88.7 Å². The number of imidazole rings is 1. The molecule has 4 aromatic rings. The fraction of sp³-hybridized carbons (Fsp3) is 0.310. The van der Waals surface area contributed by atoms with Crippen LogP contribution in [0.5, 0.6) is 5.75 Å². The van der Waals surface area contributed by atoms with Crippen LogP contribution in [0.15, 0.2) is 66.7 Å². The standard InChI is InChI=1S/C29H30ClN3O2/c1-20-13-14-23(17-21(20)2)33-19-22(18-28(33)34)29-31-25-10-4-5-11-26(25)32(29)15-7-8-16-35-27-12-6-3-9-24(27)30/h3-6,9-14,17,22H,7-8,15-16,18-19H2,1-2H3. The van der Waals surface area contributed by atoms with Gasteiger partial charge in [0.2, 0.25) is 5.91 Å². The molecule has 1 fully saturated rings. The van der Waals surface area contributed by atoms with Crippen LogP contribution in [0.4, 0.5) is 5.69 Å². The van der Waals surface area contributed by atoms with Crippen molar-refractivity contribution in [1.29, 1.82) is 0 Å². The van der Waals surface area contributed by atoms with Gasteiger partial charge in [-0.05, 0) is 74.2 Å². The first kappa shape index (κ1) is 23.4. The van der Waals surface area contributed by atoms with Gasteiger partial charge < -0.3 is 14.2 Å². The molecule has 180 valence electrons. The van der Waals surface area contributed by atoms with Crippen LogP contribution < -0.4 is 9.64 Å². The number of aryl methyl sites for hydroxylation is 3. The molecule has 0 saturated carbocycles. The summed E-state index contributed by atoms with van der Waals surface area (Å²) in [4.78, 5) is 19.9. The molecule has 5 nitrogen and oxygen atoms in total. The van der Waals surface area contributed by atoms with Gasteiger partial charge in [-0.3, -0.25) is 4.79 Å². The largest absolute Gasteiger partial charge is 0.492 e. The molecule has 1 saturated heterocycles. The molecule has 0 radical (unpaired) electrons. The van der Waals surface area contributed by atoms with E-state index in [4.69, 9.17) is 21.3 Å². The van der Waals surface area contributed by atoms with Crippen LogP contribution in [0.1, 0.15) is 42.1 Å². The van der Waals surface area contributed by atoms with Crippen LogP contribution in [-0.2, 0) is 11.3 Å². The molecule has 1 unspecified atom stereocenters. The molecule has 1 aliphatic rings. The Hall–Kier alpha value is -3.31. The lowest BCUT2D eigenvalue weighted by atomic mass is 10.1. The van der Waals surface area contributed by atoms with E-state index in [1.165, 1.54) is 11.1 Å². The highest BCUT2D eigenvalue weighted by atomic mass is 35.5. The highest BCUT2D eigenvalue weighted by molar-refractivity contribution is 6.32. The van der Waals surface area contributed by atoms with Crippen molar-refractivity contribution in [3.8, 4) is 5.75 Å². The van der Waals surface area contributed by atoms with Crippen LogP contribution in [0.25, 0.3) is 11.0 Å². The summed E-state index contributed by atoms with van der Waals surface area (Å²) in [7, 11) is 0. The number of amides is 1. The summed E-state index contributed by atoms with van der Waals surface area (Å²) in [6.45, 7) is 6.27. The van der Waals surface area contributed by atoms with Crippen molar-refractivity contribution in [1.82, 2.24) is 9.55 Å². The lowest BCUT2D eigenvalue weighted by Gasteiger charge is -2.18. The second kappa shape index (κ2) is 10.1. The van der Waals surface area contributed by atoms with E-state index in [0.29, 0.717) is 24.6 Å². The fourth-order valence-corrected chi connectivity index (χ4v) is 4.97. The van der Waals surface area contributed by atoms with E-state index in [1.54, 1.807) is 0 Å². The first-order valence-corrected chi connectivity index (χ1v) is 12.6. The van der Waals surface area contributed by atoms with E-state index in [2.05, 4.69) is 36.6 Å². The van der Waals surface area contributed by atoms with E-state index in [1.807, 2.05) is 53.4 Å². The highest BCUT2D eigenvalue weighted by Crippen LogP contribution is 2.34. The Balaban J connectivity index is 1.31. The molecule has 5 rings (SSSR count). The Morgan fingerprint density at radius 1 is 1.00 bits per heavy atom. The minimum Gasteiger partial charge on any atom is -0.492 e. The highest BCUT2D eigenvalue weighted by Gasteiger charge is 2.34. The zero-order valence-corrected chi connectivity index (χ0v) is 21.0. The van der Waals surface area contributed by atoms with Crippen LogP contribution in [0.2, 0.25) is 5.02 Å². The minimum absolute atomic E-state index is 0.0656. The van der Waals surface area contributed by atoms with E-state index in [-0.39, 0.29) is 11.8 Å². The van der Waals surface area contributed by atoms with Crippen molar-refractivity contribution in [2.45, 2.75) is 45.6 Å². The lowest BCUT2D eigenvalue weighted by molar-refractivity contribution is -0.117. The van der Waals surface area contributed by atoms with E-state index >= 15 is 0 Å². The predicted molar refractivity (Wildman–Crippen MR) is 142 cm³/mol. The molecule has 0 aliphatic carbocycles. The van der Waals surface area contributed by atoms with Crippen molar-refractivity contribution >= 4 is 34.2 Å². The third-order valence-corrected chi connectivity index (χ3v) is 7.16. The number of para-hydroxylation sites is 3. The molecule has 2 heterocycles. The molecule has 0 N–H and O–H groups in total. The third-order valence-electron chi connectivity index (χ3n) is 6.85. The molecule has 3 aromatic carbocycles. The molecule has 0 spiro atoms. The molecule has 1 atom stereocenters. The summed E-state index contributed by atoms with van der Waals surface area (Å²) in [5, 5.41) is 0.634. The predicted octanol–water partition coefficient (Wildman–Crippen LogP) is 6.69. The van der Waals surface area contributed by atoms with Gasteiger partial charge in [-0.15, -0.1) is 0 Å². The lowest BCUT2D eigenvalue weighted by Crippen LogP contribution is -2.24. The number of nitrogens with zero attached hydrogens (tertiary/aromatic N) is 3. The number of benzene rings is 3. The second-order valence-corrected chi connectivity index (χ2v) is 9.68. The number of halogens is 1. The van der Waals surface area contributed by atoms with Gasteiger partial charge in [0.25, 0.3) is 0 Å². The van der Waals surface area contributed by atoms with Crippen LogP contribution in [0, 0.1) is 13.8 Å². The Morgan fingerprint density at radius 2 is 1.80 bits per heavy atom. The molecule has 6 heteroatoms. The SMILES string of the molecule is Cc1ccc(N2CC(c3nc4ccccc4n3CCCCOc3ccccc3Cl)CC2=O)cc1C. The molecular weight excluding hydrogens is 458 g/mol. The normalized spacial score (nSPS) is 15.8. The summed E-state index contributed by atoms with van der Waals surface area (Å²) in [5.74, 6) is 1.94. The number of rotatable bonds is 8. The summed E-state index contributed by atoms with van der Waals surface area (Å²) >= 11 is 6.19. The van der Waals surface area contributed by atoms with Gasteiger partial charge in [-0.25, -0.2) is 4.98 Å². The summed E-state index contributed by atoms with van der Waals surface area (Å²) in [6.07, 6.45) is 2.32. The summed E-state index contributed by atoms with van der Waals surface area (Å²) in [6, 6.07) is 22.0. The van der Waals surface area contributed by atoms with Gasteiger partial charge in [0.05, 0.1) is 22.7 Å². The number of aromatic nitrogens is 2. The average Bonchev–Trinajstić information content (AvgIpc) is 3.42. The zero-order chi connectivity index (χ0) is 24.4. The maximum atomic E-state index is 13.0. The van der Waals surface area contributed by atoms with Gasteiger partial charge >= 0.3 is 0 Å². The number of carbonyl (C=O) groups is 1. The number of anilines is 1. The smallest absolute Gasteiger partial charge is 0.227 e. The number of ether oxygens (including phenoxy) is 1. The molecule has 35 heavy (non-hydrogen) atoms. The van der Waals surface area contributed by atoms with Crippen molar-refractivity contribution in [2.24, 2.45) is 0 Å². The van der Waals surface area contributed by atoms with Gasteiger partial charge in [0.1, 0.15) is 11.6 Å². The topological polar surface area (TPSA) is 47.4 Å². The Bertz CT molecular complexity index is 1360. The number of hydrogen-bond donors (Lipinski definition) is 0. The average molecular weight is 488 g/mol. The number of carbonyl (C=O) groups excluding carboxylic acids is 1. The Labute approximate surface area is 211 Å². The first-order valence-electron chi connectivity index (χ1n) is 12.2. The maximum Gasteiger partial charge on any atom is 0.227 e. The monoisotopic (exact) mass is 487 g/mol. The quantitative estimate of drug-likeness (QED) is 0.260. The molecule has 1 aromatic heterocycles. The van der Waals surface area contributed by atoms with Crippen LogP contribution in [0.3, 0.4) is 0 Å². The molecule has 0 bridgehead atoms. The third kappa shape index (κ3) is 4.92. The van der Waals surface area contributed by atoms with Gasteiger partial charge in [0.15, 0.2) is 0 Å². The van der Waals surface area contributed by atoms with Gasteiger partial charge in [-0.1, -0.05) is 41.9 Å². The molecule has 1 aliphatic heterocycles. The first-order chi connectivity index (χ1) is 17.0. The minimum atomic E-state index is 0.0656. The van der Waals surface area contributed by atoms with Gasteiger partial charge in [0, 0.05) is 31.1 Å². The fourth-order valence-electron chi connectivity index (χ4n) is 4.78.